The van der Waals surface area contributed by atoms with Crippen LogP contribution in [-0.2, 0) is 6.18 Å². The van der Waals surface area contributed by atoms with Crippen LogP contribution in [-0.4, -0.2) is 37.3 Å². The van der Waals surface area contributed by atoms with Crippen molar-refractivity contribution in [2.45, 2.75) is 13.1 Å². The minimum atomic E-state index is -4.56. The maximum absolute atomic E-state index is 12.5. The van der Waals surface area contributed by atoms with Gasteiger partial charge in [0.25, 0.3) is 0 Å². The van der Waals surface area contributed by atoms with Crippen molar-refractivity contribution in [1.29, 1.82) is 0 Å². The monoisotopic (exact) mass is 351 g/mol. The van der Waals surface area contributed by atoms with Gasteiger partial charge in [-0.2, -0.15) is 23.0 Å². The first-order valence-electron chi connectivity index (χ1n) is 6.08. The summed E-state index contributed by atoms with van der Waals surface area (Å²) in [5, 5.41) is 15.1. The number of alkyl halides is 3. The Morgan fingerprint density at radius 3 is 2.57 bits per heavy atom. The first-order valence-corrected chi connectivity index (χ1v) is 6.46. The molecule has 0 aliphatic heterocycles. The highest BCUT2D eigenvalue weighted by atomic mass is 35.5. The Bertz CT molecular complexity index is 644. The summed E-state index contributed by atoms with van der Waals surface area (Å²) in [5.74, 6) is 4.54. The summed E-state index contributed by atoms with van der Waals surface area (Å²) in [4.78, 5) is 7.15. The molecular weight excluding hydrogens is 339 g/mol. The van der Waals surface area contributed by atoms with E-state index in [0.717, 1.165) is 17.6 Å². The maximum atomic E-state index is 12.5. The average Bonchev–Trinajstić information content (AvgIpc) is 3.03. The number of hydrogen-bond acceptors (Lipinski definition) is 7. The molecule has 2 rings (SSSR count). The summed E-state index contributed by atoms with van der Waals surface area (Å²) < 4.78 is 38.4. The molecule has 2 heterocycles. The second kappa shape index (κ2) is 8.41. The first kappa shape index (κ1) is 18.8. The van der Waals surface area contributed by atoms with E-state index in [1.807, 2.05) is 6.92 Å². The fourth-order valence-corrected chi connectivity index (χ4v) is 1.53. The third-order valence-electron chi connectivity index (χ3n) is 2.31. The number of aromatic nitrogens is 4. The van der Waals surface area contributed by atoms with Gasteiger partial charge in [-0.25, -0.2) is 4.98 Å². The highest BCUT2D eigenvalue weighted by molar-refractivity contribution is 6.33. The van der Waals surface area contributed by atoms with E-state index in [4.69, 9.17) is 22.7 Å². The molecule has 23 heavy (non-hydrogen) atoms. The van der Waals surface area contributed by atoms with Gasteiger partial charge >= 0.3 is 6.18 Å². The number of rotatable bonds is 2. The van der Waals surface area contributed by atoms with Crippen molar-refractivity contribution in [1.82, 2.24) is 25.2 Å². The Morgan fingerprint density at radius 1 is 1.52 bits per heavy atom. The fraction of sp³-hybridized carbons (Fsp3) is 0.273. The van der Waals surface area contributed by atoms with E-state index in [0.29, 0.717) is 12.3 Å². The first-order chi connectivity index (χ1) is 10.8. The van der Waals surface area contributed by atoms with Crippen LogP contribution in [0.2, 0.25) is 5.02 Å². The molecule has 0 amide bonds. The predicted molar refractivity (Wildman–Crippen MR) is 75.9 cm³/mol. The standard InChI is InChI=1S/C9H5ClF3N5O.C2H8N2/c10-6-1-5(9(11,12)13)2-15-7(6)8(17-19)18-4-14-3-16-18;1-2-4-3/h1-4,19H;4H,2-3H2,1H3. The highest BCUT2D eigenvalue weighted by Gasteiger charge is 2.32. The molecule has 0 aromatic carbocycles. The maximum Gasteiger partial charge on any atom is 0.417 e. The zero-order valence-electron chi connectivity index (χ0n) is 11.8. The molecule has 0 saturated carbocycles. The molecule has 8 nitrogen and oxygen atoms in total. The molecule has 0 unspecified atom stereocenters. The van der Waals surface area contributed by atoms with Crippen LogP contribution in [0.25, 0.3) is 0 Å². The van der Waals surface area contributed by atoms with Gasteiger partial charge in [-0.1, -0.05) is 23.7 Å². The van der Waals surface area contributed by atoms with Gasteiger partial charge in [0.1, 0.15) is 18.3 Å². The summed E-state index contributed by atoms with van der Waals surface area (Å²) in [6.07, 6.45) is -1.63. The Morgan fingerprint density at radius 2 is 2.17 bits per heavy atom. The Kier molecular flexibility index (Phi) is 6.88. The summed E-state index contributed by atoms with van der Waals surface area (Å²) in [6, 6.07) is 0.687. The van der Waals surface area contributed by atoms with E-state index in [1.165, 1.54) is 6.33 Å². The second-order valence-electron chi connectivity index (χ2n) is 3.87. The summed E-state index contributed by atoms with van der Waals surface area (Å²) in [7, 11) is 0. The molecular formula is C11H13ClF3N7O. The molecule has 0 fully saturated rings. The summed E-state index contributed by atoms with van der Waals surface area (Å²) in [5.41, 5.74) is 1.28. The van der Waals surface area contributed by atoms with Crippen molar-refractivity contribution in [3.8, 4) is 0 Å². The fourth-order valence-electron chi connectivity index (χ4n) is 1.28. The number of pyridine rings is 1. The third-order valence-corrected chi connectivity index (χ3v) is 2.60. The van der Waals surface area contributed by atoms with Crippen molar-refractivity contribution < 1.29 is 18.4 Å². The number of oxime groups is 1. The van der Waals surface area contributed by atoms with E-state index in [9.17, 15) is 13.2 Å². The topological polar surface area (TPSA) is 114 Å². The lowest BCUT2D eigenvalue weighted by Crippen LogP contribution is -2.20. The van der Waals surface area contributed by atoms with Gasteiger partial charge in [0.05, 0.1) is 10.6 Å². The minimum absolute atomic E-state index is 0.150. The van der Waals surface area contributed by atoms with Crippen LogP contribution < -0.4 is 11.3 Å². The minimum Gasteiger partial charge on any atom is -0.409 e. The van der Waals surface area contributed by atoms with Crippen molar-refractivity contribution in [3.63, 3.8) is 0 Å². The number of halogens is 4. The van der Waals surface area contributed by atoms with Gasteiger partial charge in [-0.05, 0) is 6.07 Å². The smallest absolute Gasteiger partial charge is 0.409 e. The third kappa shape index (κ3) is 5.16. The van der Waals surface area contributed by atoms with E-state index in [-0.39, 0.29) is 16.6 Å². The number of nitrogens with zero attached hydrogens (tertiary/aromatic N) is 5. The largest absolute Gasteiger partial charge is 0.417 e. The molecule has 12 heteroatoms. The van der Waals surface area contributed by atoms with Gasteiger partial charge in [0.2, 0.25) is 5.84 Å². The molecule has 2 aromatic rings. The highest BCUT2D eigenvalue weighted by Crippen LogP contribution is 2.31. The lowest BCUT2D eigenvalue weighted by Gasteiger charge is -2.09. The van der Waals surface area contributed by atoms with Crippen molar-refractivity contribution in [3.05, 3.63) is 41.2 Å². The Balaban J connectivity index is 0.000000593. The lowest BCUT2D eigenvalue weighted by atomic mass is 10.2. The van der Waals surface area contributed by atoms with Gasteiger partial charge in [-0.3, -0.25) is 16.3 Å². The normalized spacial score (nSPS) is 11.8. The lowest BCUT2D eigenvalue weighted by molar-refractivity contribution is -0.137. The molecule has 0 aliphatic rings. The van der Waals surface area contributed by atoms with Gasteiger partial charge < -0.3 is 5.21 Å². The Labute approximate surface area is 133 Å². The number of hydrazine groups is 1. The van der Waals surface area contributed by atoms with Gasteiger partial charge in [0, 0.05) is 12.7 Å². The SMILES string of the molecule is CCNN.ON=C(c1ncc(C(F)(F)F)cc1Cl)n1cncn1. The van der Waals surface area contributed by atoms with Crippen LogP contribution in [0.3, 0.4) is 0 Å². The van der Waals surface area contributed by atoms with E-state index < -0.39 is 11.7 Å². The summed E-state index contributed by atoms with van der Waals surface area (Å²) in [6.45, 7) is 2.79. The van der Waals surface area contributed by atoms with Crippen LogP contribution in [0.15, 0.2) is 30.1 Å². The van der Waals surface area contributed by atoms with Crippen molar-refractivity contribution in [2.24, 2.45) is 11.0 Å². The Hall–Kier alpha value is -2.24. The quantitative estimate of drug-likeness (QED) is 0.248. The van der Waals surface area contributed by atoms with Crippen LogP contribution in [0.1, 0.15) is 18.2 Å². The molecule has 0 radical (unpaired) electrons. The van der Waals surface area contributed by atoms with Crippen LogP contribution in [0.4, 0.5) is 13.2 Å². The average molecular weight is 352 g/mol. The molecule has 126 valence electrons. The molecule has 0 saturated heterocycles. The zero-order valence-corrected chi connectivity index (χ0v) is 12.5. The molecule has 4 N–H and O–H groups in total. The zero-order chi connectivity index (χ0) is 17.5. The van der Waals surface area contributed by atoms with E-state index in [2.05, 4.69) is 25.6 Å². The molecule has 0 spiro atoms. The van der Waals surface area contributed by atoms with Crippen LogP contribution in [0.5, 0.6) is 0 Å². The van der Waals surface area contributed by atoms with E-state index >= 15 is 0 Å². The van der Waals surface area contributed by atoms with Crippen LogP contribution in [0, 0.1) is 0 Å². The van der Waals surface area contributed by atoms with Gasteiger partial charge in [0.15, 0.2) is 0 Å². The molecule has 2 aromatic heterocycles. The van der Waals surface area contributed by atoms with E-state index in [1.54, 1.807) is 0 Å². The molecule has 0 atom stereocenters. The number of nitrogens with two attached hydrogens (primary N) is 1. The number of nitrogens with one attached hydrogen (secondary N) is 1. The molecule has 0 bridgehead atoms. The van der Waals surface area contributed by atoms with Crippen LogP contribution >= 0.6 is 11.6 Å². The van der Waals surface area contributed by atoms with Crippen molar-refractivity contribution >= 4 is 17.4 Å². The molecule has 0 aliphatic carbocycles. The van der Waals surface area contributed by atoms with Crippen molar-refractivity contribution in [2.75, 3.05) is 6.54 Å². The number of hydrogen-bond donors (Lipinski definition) is 3. The van der Waals surface area contributed by atoms with Gasteiger partial charge in [-0.15, -0.1) is 0 Å². The predicted octanol–water partition coefficient (Wildman–Crippen LogP) is 1.50. The second-order valence-corrected chi connectivity index (χ2v) is 4.28. The summed E-state index contributed by atoms with van der Waals surface area (Å²) >= 11 is 5.71.